The van der Waals surface area contributed by atoms with E-state index in [-0.39, 0.29) is 0 Å². The van der Waals surface area contributed by atoms with E-state index >= 15 is 0 Å². The number of hydrogen-bond donors (Lipinski definition) is 3. The molecule has 0 aromatic heterocycles. The van der Waals surface area contributed by atoms with Crippen LogP contribution in [0.2, 0.25) is 0 Å². The fraction of sp³-hybridized carbons (Fsp3) is 0.200. The Kier molecular flexibility index (Phi) is 9.27. The van der Waals surface area contributed by atoms with E-state index in [1.807, 2.05) is 12.1 Å². The van der Waals surface area contributed by atoms with Gasteiger partial charge in [0.2, 0.25) is 0 Å². The summed E-state index contributed by atoms with van der Waals surface area (Å²) < 4.78 is 0. The van der Waals surface area contributed by atoms with E-state index in [2.05, 4.69) is 38.1 Å². The zero-order chi connectivity index (χ0) is 13.8. The highest BCUT2D eigenvalue weighted by Gasteiger charge is 1.93. The molecule has 98 valence electrons. The quantitative estimate of drug-likeness (QED) is 0.523. The Labute approximate surface area is 108 Å². The van der Waals surface area contributed by atoms with Gasteiger partial charge in [0.25, 0.3) is 0 Å². The van der Waals surface area contributed by atoms with Crippen LogP contribution in [0.1, 0.15) is 25.3 Å². The topological polar surface area (TPSA) is 60.7 Å². The largest absolute Gasteiger partial charge is 0.508 e. The molecule has 18 heavy (non-hydrogen) atoms. The van der Waals surface area contributed by atoms with Crippen LogP contribution >= 0.6 is 0 Å². The van der Waals surface area contributed by atoms with Gasteiger partial charge in [0, 0.05) is 0 Å². The molecule has 0 fully saturated rings. The zero-order valence-electron chi connectivity index (χ0n) is 10.7. The first-order valence-corrected chi connectivity index (χ1v) is 5.69. The van der Waals surface area contributed by atoms with Crippen LogP contribution in [0.4, 0.5) is 0 Å². The van der Waals surface area contributed by atoms with E-state index in [1.54, 1.807) is 24.3 Å². The fourth-order valence-corrected chi connectivity index (χ4v) is 1.27. The van der Waals surface area contributed by atoms with Gasteiger partial charge in [0.1, 0.15) is 5.75 Å². The summed E-state index contributed by atoms with van der Waals surface area (Å²) in [6.07, 6.45) is 0. The number of hydrogen-bond acceptors (Lipinski definition) is 3. The van der Waals surface area contributed by atoms with Crippen molar-refractivity contribution in [3.8, 4) is 5.75 Å². The lowest BCUT2D eigenvalue weighted by molar-refractivity contribution is -0.176. The molecule has 0 spiro atoms. The summed E-state index contributed by atoms with van der Waals surface area (Å²) in [4.78, 5) is 0. The highest BCUT2D eigenvalue weighted by Crippen LogP contribution is 2.11. The molecule has 3 heteroatoms. The fourth-order valence-electron chi connectivity index (χ4n) is 1.27. The van der Waals surface area contributed by atoms with Gasteiger partial charge in [-0.1, -0.05) is 62.4 Å². The number of rotatable bonds is 1. The summed E-state index contributed by atoms with van der Waals surface area (Å²) in [6.45, 7) is 4.41. The second kappa shape index (κ2) is 10.3. The van der Waals surface area contributed by atoms with Crippen molar-refractivity contribution in [3.63, 3.8) is 0 Å². The predicted octanol–water partition coefficient (Wildman–Crippen LogP) is 4.22. The molecular weight excluding hydrogens is 228 g/mol. The molecule has 2 aromatic rings. The first kappa shape index (κ1) is 16.2. The summed E-state index contributed by atoms with van der Waals surface area (Å²) in [5, 5.41) is 20.6. The van der Waals surface area contributed by atoms with Crippen molar-refractivity contribution in [3.05, 3.63) is 66.2 Å². The van der Waals surface area contributed by atoms with Crippen LogP contribution in [0, 0.1) is 0 Å². The second-order valence-electron chi connectivity index (χ2n) is 3.90. The summed E-state index contributed by atoms with van der Waals surface area (Å²) in [5.74, 6) is 0.980. The Bertz CT molecular complexity index is 385. The van der Waals surface area contributed by atoms with Crippen LogP contribution in [0.5, 0.6) is 5.75 Å². The third-order valence-corrected chi connectivity index (χ3v) is 2.22. The minimum atomic E-state index is 0.322. The van der Waals surface area contributed by atoms with Crippen molar-refractivity contribution in [2.75, 3.05) is 0 Å². The van der Waals surface area contributed by atoms with Gasteiger partial charge in [-0.2, -0.15) is 0 Å². The maximum absolute atomic E-state index is 8.63. The minimum absolute atomic E-state index is 0.322. The SMILES string of the molecule is CC(C)c1ccccc1.OO.Oc1ccccc1. The molecule has 0 heterocycles. The van der Waals surface area contributed by atoms with Crippen molar-refractivity contribution in [1.82, 2.24) is 0 Å². The number of phenolic OH excluding ortho intramolecular Hbond substituents is 1. The van der Waals surface area contributed by atoms with Crippen LogP contribution in [0.25, 0.3) is 0 Å². The standard InChI is InChI=1S/C9H12.C6H6O.H2O2/c1-8(2)9-6-4-3-5-7-9;7-6-4-2-1-3-5-6;1-2/h3-8H,1-2H3;1-5,7H;1-2H. The summed E-state index contributed by atoms with van der Waals surface area (Å²) in [6, 6.07) is 19.2. The monoisotopic (exact) mass is 248 g/mol. The molecule has 3 N–H and O–H groups in total. The van der Waals surface area contributed by atoms with Crippen molar-refractivity contribution >= 4 is 0 Å². The molecule has 0 amide bonds. The average Bonchev–Trinajstić information content (AvgIpc) is 2.43. The molecule has 0 atom stereocenters. The molecular formula is C15H20O3. The third-order valence-electron chi connectivity index (χ3n) is 2.22. The summed E-state index contributed by atoms with van der Waals surface area (Å²) in [5.41, 5.74) is 1.41. The van der Waals surface area contributed by atoms with Crippen LogP contribution in [-0.2, 0) is 0 Å². The van der Waals surface area contributed by atoms with Gasteiger partial charge in [0.05, 0.1) is 0 Å². The van der Waals surface area contributed by atoms with Gasteiger partial charge in [-0.25, -0.2) is 0 Å². The summed E-state index contributed by atoms with van der Waals surface area (Å²) in [7, 11) is 0. The normalized spacial score (nSPS) is 8.72. The molecule has 0 saturated heterocycles. The van der Waals surface area contributed by atoms with Gasteiger partial charge in [-0.05, 0) is 23.6 Å². The second-order valence-corrected chi connectivity index (χ2v) is 3.90. The van der Waals surface area contributed by atoms with E-state index in [1.165, 1.54) is 5.56 Å². The molecule has 0 aliphatic rings. The minimum Gasteiger partial charge on any atom is -0.508 e. The van der Waals surface area contributed by atoms with E-state index in [0.29, 0.717) is 11.7 Å². The number of benzene rings is 2. The Morgan fingerprint density at radius 3 is 1.33 bits per heavy atom. The predicted molar refractivity (Wildman–Crippen MR) is 73.9 cm³/mol. The van der Waals surface area contributed by atoms with Crippen molar-refractivity contribution < 1.29 is 15.6 Å². The maximum Gasteiger partial charge on any atom is 0.115 e. The van der Waals surface area contributed by atoms with Crippen molar-refractivity contribution in [1.29, 1.82) is 0 Å². The Hall–Kier alpha value is -1.84. The lowest BCUT2D eigenvalue weighted by Crippen LogP contribution is -1.83. The van der Waals surface area contributed by atoms with Gasteiger partial charge in [0.15, 0.2) is 0 Å². The highest BCUT2D eigenvalue weighted by atomic mass is 17.0. The summed E-state index contributed by atoms with van der Waals surface area (Å²) >= 11 is 0. The van der Waals surface area contributed by atoms with Gasteiger partial charge in [-0.3, -0.25) is 10.5 Å². The molecule has 0 unspecified atom stereocenters. The average molecular weight is 248 g/mol. The van der Waals surface area contributed by atoms with Crippen molar-refractivity contribution in [2.24, 2.45) is 0 Å². The molecule has 0 aliphatic carbocycles. The first-order chi connectivity index (χ1) is 8.70. The van der Waals surface area contributed by atoms with E-state index in [4.69, 9.17) is 15.6 Å². The Morgan fingerprint density at radius 2 is 1.11 bits per heavy atom. The Morgan fingerprint density at radius 1 is 0.722 bits per heavy atom. The molecule has 0 radical (unpaired) electrons. The number of para-hydroxylation sites is 1. The maximum atomic E-state index is 8.63. The molecule has 0 saturated carbocycles. The molecule has 2 rings (SSSR count). The molecule has 2 aromatic carbocycles. The van der Waals surface area contributed by atoms with E-state index < -0.39 is 0 Å². The third kappa shape index (κ3) is 7.44. The van der Waals surface area contributed by atoms with Crippen LogP contribution < -0.4 is 0 Å². The van der Waals surface area contributed by atoms with E-state index in [9.17, 15) is 0 Å². The molecule has 0 bridgehead atoms. The van der Waals surface area contributed by atoms with Gasteiger partial charge >= 0.3 is 0 Å². The van der Waals surface area contributed by atoms with Crippen LogP contribution in [0.15, 0.2) is 60.7 Å². The number of phenols is 1. The van der Waals surface area contributed by atoms with Crippen molar-refractivity contribution in [2.45, 2.75) is 19.8 Å². The van der Waals surface area contributed by atoms with E-state index in [0.717, 1.165) is 0 Å². The lowest BCUT2D eigenvalue weighted by atomic mass is 10.0. The smallest absolute Gasteiger partial charge is 0.115 e. The van der Waals surface area contributed by atoms with Crippen LogP contribution in [0.3, 0.4) is 0 Å². The zero-order valence-corrected chi connectivity index (χ0v) is 10.7. The number of aromatic hydroxyl groups is 1. The first-order valence-electron chi connectivity index (χ1n) is 5.69. The van der Waals surface area contributed by atoms with Gasteiger partial charge < -0.3 is 5.11 Å². The highest BCUT2D eigenvalue weighted by molar-refractivity contribution is 5.18. The molecule has 3 nitrogen and oxygen atoms in total. The van der Waals surface area contributed by atoms with Crippen LogP contribution in [-0.4, -0.2) is 15.6 Å². The lowest BCUT2D eigenvalue weighted by Gasteiger charge is -2.01. The molecule has 0 aliphatic heterocycles. The van der Waals surface area contributed by atoms with Gasteiger partial charge in [-0.15, -0.1) is 0 Å². The Balaban J connectivity index is 0.000000289.